The second-order valence-corrected chi connectivity index (χ2v) is 4.19. The molecule has 0 fully saturated rings. The minimum absolute atomic E-state index is 0.0262. The molecular formula is C8H7N3OSe. The maximum absolute atomic E-state index is 11.2. The van der Waals surface area contributed by atoms with Gasteiger partial charge in [-0.15, -0.1) is 0 Å². The second kappa shape index (κ2) is 3.30. The van der Waals surface area contributed by atoms with E-state index in [1.807, 2.05) is 24.3 Å². The summed E-state index contributed by atoms with van der Waals surface area (Å²) in [5, 5.41) is 0.908. The van der Waals surface area contributed by atoms with E-state index in [9.17, 15) is 4.79 Å². The van der Waals surface area contributed by atoms with Crippen LogP contribution in [0.4, 0.5) is 0 Å². The zero-order valence-corrected chi connectivity index (χ0v) is 8.36. The number of fused-ring (bicyclic) bond motifs is 1. The summed E-state index contributed by atoms with van der Waals surface area (Å²) < 4.78 is 5.29. The van der Waals surface area contributed by atoms with Gasteiger partial charge in [0, 0.05) is 0 Å². The van der Waals surface area contributed by atoms with Gasteiger partial charge in [-0.2, -0.15) is 0 Å². The number of nitrogens with one attached hydrogen (secondary N) is 1. The molecule has 4 nitrogen and oxygen atoms in total. The molecule has 0 bridgehead atoms. The van der Waals surface area contributed by atoms with Gasteiger partial charge in [0.1, 0.15) is 0 Å². The van der Waals surface area contributed by atoms with Crippen molar-refractivity contribution in [3.05, 3.63) is 30.0 Å². The average Bonchev–Trinajstić information content (AvgIpc) is 2.60. The van der Waals surface area contributed by atoms with E-state index < -0.39 is 0 Å². The number of nitrogen functional groups attached to an aromatic ring is 1. The van der Waals surface area contributed by atoms with E-state index in [-0.39, 0.29) is 20.6 Å². The molecule has 3 N–H and O–H groups in total. The molecule has 66 valence electrons. The minimum atomic E-state index is -0.313. The summed E-state index contributed by atoms with van der Waals surface area (Å²) in [5.41, 5.74) is 2.54. The molecule has 5 heteroatoms. The molecule has 0 saturated carbocycles. The van der Waals surface area contributed by atoms with Gasteiger partial charge in [0.2, 0.25) is 0 Å². The van der Waals surface area contributed by atoms with Crippen LogP contribution in [0.1, 0.15) is 10.5 Å². The Kier molecular flexibility index (Phi) is 2.14. The molecule has 0 unspecified atom stereocenters. The van der Waals surface area contributed by atoms with Crippen molar-refractivity contribution in [2.24, 2.45) is 5.84 Å². The fraction of sp³-hybridized carbons (Fsp3) is 0. The van der Waals surface area contributed by atoms with Crippen molar-refractivity contribution < 1.29 is 4.79 Å². The molecule has 0 aliphatic rings. The standard InChI is InChI=1S/C8H7N3OSe/c9-10-8(12)7-5-3-1-2-4-6(5)13-11-7/h1-4H,9H2,(H,10,12). The Hall–Kier alpha value is -1.16. The number of rotatable bonds is 1. The van der Waals surface area contributed by atoms with Gasteiger partial charge in [-0.25, -0.2) is 0 Å². The van der Waals surface area contributed by atoms with Crippen LogP contribution in [0.2, 0.25) is 0 Å². The Labute approximate surface area is 80.7 Å². The number of nitrogens with zero attached hydrogens (tertiary/aromatic N) is 1. The van der Waals surface area contributed by atoms with Crippen LogP contribution in [0.15, 0.2) is 24.3 Å². The van der Waals surface area contributed by atoms with Crippen molar-refractivity contribution in [1.29, 1.82) is 0 Å². The van der Waals surface area contributed by atoms with Gasteiger partial charge < -0.3 is 0 Å². The van der Waals surface area contributed by atoms with Crippen LogP contribution >= 0.6 is 0 Å². The van der Waals surface area contributed by atoms with Crippen LogP contribution < -0.4 is 11.3 Å². The van der Waals surface area contributed by atoms with Crippen LogP contribution in [0.5, 0.6) is 0 Å². The SMILES string of the molecule is NNC(=O)c1n[se]c2ccccc12. The molecule has 1 aromatic carbocycles. The Morgan fingerprint density at radius 3 is 3.00 bits per heavy atom. The Bertz CT molecular complexity index is 451. The van der Waals surface area contributed by atoms with Crippen LogP contribution in [0, 0.1) is 0 Å². The van der Waals surface area contributed by atoms with Gasteiger partial charge in [-0.3, -0.25) is 0 Å². The van der Waals surface area contributed by atoms with Gasteiger partial charge in [0.15, 0.2) is 0 Å². The monoisotopic (exact) mass is 241 g/mol. The molecule has 1 aromatic heterocycles. The zero-order valence-electron chi connectivity index (χ0n) is 6.65. The summed E-state index contributed by atoms with van der Waals surface area (Å²) in [6.07, 6.45) is 0. The van der Waals surface area contributed by atoms with Crippen molar-refractivity contribution in [2.45, 2.75) is 0 Å². The summed E-state index contributed by atoms with van der Waals surface area (Å²) in [5.74, 6) is 4.72. The predicted molar refractivity (Wildman–Crippen MR) is 50.3 cm³/mol. The fourth-order valence-electron chi connectivity index (χ4n) is 1.12. The Morgan fingerprint density at radius 2 is 2.23 bits per heavy atom. The first-order valence-electron chi connectivity index (χ1n) is 3.68. The number of hydrogen-bond acceptors (Lipinski definition) is 3. The molecule has 0 saturated heterocycles. The van der Waals surface area contributed by atoms with E-state index in [4.69, 9.17) is 5.84 Å². The fourth-order valence-corrected chi connectivity index (χ4v) is 2.74. The molecule has 2 aromatic rings. The summed E-state index contributed by atoms with van der Waals surface area (Å²) in [7, 11) is 0. The maximum atomic E-state index is 11.2. The number of amides is 1. The van der Waals surface area contributed by atoms with Crippen LogP contribution in [-0.2, 0) is 0 Å². The van der Waals surface area contributed by atoms with Crippen LogP contribution in [0.3, 0.4) is 0 Å². The predicted octanol–water partition coefficient (Wildman–Crippen LogP) is -0.105. The number of benzene rings is 1. The first-order chi connectivity index (χ1) is 6.33. The van der Waals surface area contributed by atoms with Crippen LogP contribution in [0.25, 0.3) is 9.65 Å². The normalized spacial score (nSPS) is 10.2. The molecular weight excluding hydrogens is 233 g/mol. The first kappa shape index (κ1) is 8.44. The van der Waals surface area contributed by atoms with Gasteiger partial charge in [-0.1, -0.05) is 0 Å². The summed E-state index contributed by atoms with van der Waals surface area (Å²) in [6.45, 7) is 0. The third-order valence-corrected chi connectivity index (χ3v) is 3.46. The van der Waals surface area contributed by atoms with Crippen molar-refractivity contribution in [2.75, 3.05) is 0 Å². The number of carbonyl (C=O) groups excluding carboxylic acids is 1. The van der Waals surface area contributed by atoms with Gasteiger partial charge in [0.25, 0.3) is 0 Å². The number of aromatic nitrogens is 1. The van der Waals surface area contributed by atoms with E-state index in [0.717, 1.165) is 9.65 Å². The van der Waals surface area contributed by atoms with E-state index in [1.54, 1.807) is 0 Å². The van der Waals surface area contributed by atoms with Crippen molar-refractivity contribution in [3.8, 4) is 0 Å². The van der Waals surface area contributed by atoms with Gasteiger partial charge in [-0.05, 0) is 0 Å². The van der Waals surface area contributed by atoms with E-state index in [1.165, 1.54) is 0 Å². The number of hydrazine groups is 1. The first-order valence-corrected chi connectivity index (χ1v) is 5.30. The molecule has 0 atom stereocenters. The van der Waals surface area contributed by atoms with Gasteiger partial charge in [0.05, 0.1) is 0 Å². The van der Waals surface area contributed by atoms with Crippen LogP contribution in [-0.4, -0.2) is 24.6 Å². The quantitative estimate of drug-likeness (QED) is 0.316. The zero-order chi connectivity index (χ0) is 9.26. The second-order valence-electron chi connectivity index (χ2n) is 2.50. The third-order valence-electron chi connectivity index (χ3n) is 1.72. The number of carbonyl (C=O) groups is 1. The molecule has 1 heterocycles. The summed E-state index contributed by atoms with van der Waals surface area (Å²) in [6, 6.07) is 7.70. The summed E-state index contributed by atoms with van der Waals surface area (Å²) >= 11 is 0.0262. The van der Waals surface area contributed by atoms with Gasteiger partial charge >= 0.3 is 80.3 Å². The molecule has 0 aliphatic heterocycles. The summed E-state index contributed by atoms with van der Waals surface area (Å²) in [4.78, 5) is 11.2. The van der Waals surface area contributed by atoms with E-state index >= 15 is 0 Å². The van der Waals surface area contributed by atoms with Crippen molar-refractivity contribution >= 4 is 30.3 Å². The molecule has 0 radical (unpaired) electrons. The topological polar surface area (TPSA) is 68.0 Å². The molecule has 13 heavy (non-hydrogen) atoms. The third kappa shape index (κ3) is 1.37. The molecule has 0 spiro atoms. The molecule has 2 rings (SSSR count). The van der Waals surface area contributed by atoms with E-state index in [0.29, 0.717) is 5.69 Å². The molecule has 0 aliphatic carbocycles. The Morgan fingerprint density at radius 1 is 1.46 bits per heavy atom. The van der Waals surface area contributed by atoms with Crippen molar-refractivity contribution in [3.63, 3.8) is 0 Å². The van der Waals surface area contributed by atoms with Crippen molar-refractivity contribution in [1.82, 2.24) is 9.41 Å². The average molecular weight is 240 g/mol. The number of nitrogens with two attached hydrogens (primary N) is 1. The Balaban J connectivity index is 2.64. The van der Waals surface area contributed by atoms with E-state index in [2.05, 4.69) is 9.41 Å². The molecule has 1 amide bonds. The number of hydrogen-bond donors (Lipinski definition) is 2.